The molecular formula is C13H27NO3. The smallest absolute Gasteiger partial charge is 0.405 e. The molecule has 17 heavy (non-hydrogen) atoms. The minimum atomic E-state index is -0.739. The van der Waals surface area contributed by atoms with Crippen LogP contribution in [0.4, 0.5) is 4.79 Å². The number of ether oxygens (including phenoxy) is 2. The summed E-state index contributed by atoms with van der Waals surface area (Å²) in [7, 11) is 0. The average Bonchev–Trinajstić information content (AvgIpc) is 2.08. The van der Waals surface area contributed by atoms with Crippen molar-refractivity contribution in [3.63, 3.8) is 0 Å². The van der Waals surface area contributed by atoms with E-state index in [0.717, 1.165) is 13.0 Å². The molecule has 0 unspecified atom stereocenters. The Balaban J connectivity index is 4.09. The third-order valence-electron chi connectivity index (χ3n) is 2.47. The van der Waals surface area contributed by atoms with E-state index in [9.17, 15) is 4.79 Å². The van der Waals surface area contributed by atoms with Gasteiger partial charge in [0.1, 0.15) is 5.60 Å². The van der Waals surface area contributed by atoms with E-state index in [0.29, 0.717) is 6.42 Å². The second-order valence-electron chi connectivity index (χ2n) is 5.67. The van der Waals surface area contributed by atoms with Gasteiger partial charge in [-0.2, -0.15) is 0 Å². The highest BCUT2D eigenvalue weighted by Crippen LogP contribution is 2.26. The Hall–Kier alpha value is -0.770. The monoisotopic (exact) mass is 245 g/mol. The molecule has 0 spiro atoms. The van der Waals surface area contributed by atoms with Gasteiger partial charge >= 0.3 is 6.09 Å². The van der Waals surface area contributed by atoms with Crippen LogP contribution in [0, 0.1) is 0 Å². The molecule has 0 aromatic heterocycles. The van der Waals surface area contributed by atoms with Gasteiger partial charge in [-0.15, -0.1) is 0 Å². The molecule has 0 aliphatic heterocycles. The van der Waals surface area contributed by atoms with E-state index in [2.05, 4.69) is 6.92 Å². The molecule has 0 aliphatic rings. The van der Waals surface area contributed by atoms with Crippen molar-refractivity contribution < 1.29 is 14.3 Å². The molecule has 0 aromatic rings. The SMILES string of the molecule is CCCCCOC(C)(C)CC(C)(C)OC(N)=O. The molecule has 0 rings (SSSR count). The zero-order valence-corrected chi connectivity index (χ0v) is 11.8. The molecule has 0 radical (unpaired) electrons. The van der Waals surface area contributed by atoms with Crippen LogP contribution in [0.1, 0.15) is 60.3 Å². The number of hydrogen-bond donors (Lipinski definition) is 1. The first-order valence-corrected chi connectivity index (χ1v) is 6.31. The lowest BCUT2D eigenvalue weighted by molar-refractivity contribution is -0.0757. The van der Waals surface area contributed by atoms with Crippen molar-refractivity contribution in [1.29, 1.82) is 0 Å². The van der Waals surface area contributed by atoms with E-state index < -0.39 is 11.7 Å². The first-order valence-electron chi connectivity index (χ1n) is 6.31. The maximum absolute atomic E-state index is 10.8. The van der Waals surface area contributed by atoms with Crippen molar-refractivity contribution >= 4 is 6.09 Å². The highest BCUT2D eigenvalue weighted by atomic mass is 16.6. The van der Waals surface area contributed by atoms with Crippen LogP contribution in [0.5, 0.6) is 0 Å². The normalized spacial score (nSPS) is 12.5. The average molecular weight is 245 g/mol. The number of amides is 1. The van der Waals surface area contributed by atoms with Gasteiger partial charge in [-0.05, 0) is 34.1 Å². The molecule has 2 N–H and O–H groups in total. The Labute approximate surface area is 105 Å². The van der Waals surface area contributed by atoms with E-state index in [4.69, 9.17) is 15.2 Å². The van der Waals surface area contributed by atoms with Crippen LogP contribution in [0.3, 0.4) is 0 Å². The minimum absolute atomic E-state index is 0.313. The molecule has 0 bridgehead atoms. The third kappa shape index (κ3) is 8.98. The van der Waals surface area contributed by atoms with Gasteiger partial charge < -0.3 is 15.2 Å². The summed E-state index contributed by atoms with van der Waals surface area (Å²) in [5.74, 6) is 0. The summed E-state index contributed by atoms with van der Waals surface area (Å²) >= 11 is 0. The molecule has 4 heteroatoms. The first-order chi connectivity index (χ1) is 7.68. The number of nitrogens with two attached hydrogens (primary N) is 1. The minimum Gasteiger partial charge on any atom is -0.444 e. The van der Waals surface area contributed by atoms with Crippen molar-refractivity contribution in [2.75, 3.05) is 6.61 Å². The number of rotatable bonds is 8. The lowest BCUT2D eigenvalue weighted by Gasteiger charge is -2.34. The maximum Gasteiger partial charge on any atom is 0.405 e. The van der Waals surface area contributed by atoms with Crippen LogP contribution in [0.25, 0.3) is 0 Å². The number of unbranched alkanes of at least 4 members (excludes halogenated alkanes) is 2. The van der Waals surface area contributed by atoms with E-state index in [1.54, 1.807) is 0 Å². The molecule has 0 saturated heterocycles. The summed E-state index contributed by atoms with van der Waals surface area (Å²) in [5.41, 5.74) is 4.13. The van der Waals surface area contributed by atoms with Gasteiger partial charge in [-0.1, -0.05) is 19.8 Å². The van der Waals surface area contributed by atoms with E-state index in [1.165, 1.54) is 12.8 Å². The van der Waals surface area contributed by atoms with Crippen molar-refractivity contribution in [2.24, 2.45) is 5.73 Å². The second-order valence-corrected chi connectivity index (χ2v) is 5.67. The summed E-state index contributed by atoms with van der Waals surface area (Å²) in [6, 6.07) is 0. The molecule has 1 amide bonds. The van der Waals surface area contributed by atoms with E-state index >= 15 is 0 Å². The predicted molar refractivity (Wildman–Crippen MR) is 68.9 cm³/mol. The zero-order chi connectivity index (χ0) is 13.5. The van der Waals surface area contributed by atoms with Gasteiger partial charge in [0.25, 0.3) is 0 Å². The van der Waals surface area contributed by atoms with Crippen LogP contribution >= 0.6 is 0 Å². The molecule has 0 aliphatic carbocycles. The summed E-state index contributed by atoms with van der Waals surface area (Å²) in [6.07, 6.45) is 3.31. The van der Waals surface area contributed by atoms with Gasteiger partial charge in [0, 0.05) is 13.0 Å². The van der Waals surface area contributed by atoms with Crippen LogP contribution in [-0.4, -0.2) is 23.9 Å². The fraction of sp³-hybridized carbons (Fsp3) is 0.923. The highest BCUT2D eigenvalue weighted by Gasteiger charge is 2.31. The first kappa shape index (κ1) is 16.2. The summed E-state index contributed by atoms with van der Waals surface area (Å²) in [5, 5.41) is 0. The Morgan fingerprint density at radius 3 is 2.18 bits per heavy atom. The standard InChI is InChI=1S/C13H27NO3/c1-6-7-8-9-16-12(2,3)10-13(4,5)17-11(14)15/h6-10H2,1-5H3,(H2,14,15). The van der Waals surface area contributed by atoms with Gasteiger partial charge in [0.05, 0.1) is 5.60 Å². The van der Waals surface area contributed by atoms with Gasteiger partial charge in [-0.3, -0.25) is 0 Å². The molecule has 4 nitrogen and oxygen atoms in total. The van der Waals surface area contributed by atoms with Crippen molar-refractivity contribution in [3.8, 4) is 0 Å². The molecule has 0 fully saturated rings. The lowest BCUT2D eigenvalue weighted by Crippen LogP contribution is -2.40. The van der Waals surface area contributed by atoms with Crippen LogP contribution in [-0.2, 0) is 9.47 Å². The van der Waals surface area contributed by atoms with Crippen LogP contribution in [0.15, 0.2) is 0 Å². The predicted octanol–water partition coefficient (Wildman–Crippen LogP) is 3.24. The summed E-state index contributed by atoms with van der Waals surface area (Å²) in [6.45, 7) is 10.6. The zero-order valence-electron chi connectivity index (χ0n) is 11.8. The fourth-order valence-electron chi connectivity index (χ4n) is 2.09. The van der Waals surface area contributed by atoms with Gasteiger partial charge in [-0.25, -0.2) is 4.79 Å². The largest absolute Gasteiger partial charge is 0.444 e. The molecule has 0 saturated carbocycles. The quantitative estimate of drug-likeness (QED) is 0.668. The number of carbonyl (C=O) groups excluding carboxylic acids is 1. The Morgan fingerprint density at radius 1 is 1.12 bits per heavy atom. The molecule has 0 heterocycles. The molecule has 102 valence electrons. The van der Waals surface area contributed by atoms with Gasteiger partial charge in [0.2, 0.25) is 0 Å². The number of primary amides is 1. The summed E-state index contributed by atoms with van der Waals surface area (Å²) in [4.78, 5) is 10.8. The Morgan fingerprint density at radius 2 is 1.71 bits per heavy atom. The maximum atomic E-state index is 10.8. The molecular weight excluding hydrogens is 218 g/mol. The Bertz CT molecular complexity index is 237. The van der Waals surface area contributed by atoms with Crippen molar-refractivity contribution in [2.45, 2.75) is 71.5 Å². The van der Waals surface area contributed by atoms with Gasteiger partial charge in [0.15, 0.2) is 0 Å². The van der Waals surface area contributed by atoms with E-state index in [1.807, 2.05) is 27.7 Å². The fourth-order valence-corrected chi connectivity index (χ4v) is 2.09. The topological polar surface area (TPSA) is 61.6 Å². The Kier molecular flexibility index (Phi) is 6.53. The molecule has 0 atom stereocenters. The second kappa shape index (κ2) is 6.84. The third-order valence-corrected chi connectivity index (χ3v) is 2.47. The summed E-state index contributed by atoms with van der Waals surface area (Å²) < 4.78 is 10.9. The highest BCUT2D eigenvalue weighted by molar-refractivity contribution is 5.65. The van der Waals surface area contributed by atoms with E-state index in [-0.39, 0.29) is 5.60 Å². The lowest BCUT2D eigenvalue weighted by atomic mass is 9.92. The number of hydrogen-bond acceptors (Lipinski definition) is 3. The van der Waals surface area contributed by atoms with Crippen LogP contribution < -0.4 is 5.73 Å². The van der Waals surface area contributed by atoms with Crippen molar-refractivity contribution in [3.05, 3.63) is 0 Å². The van der Waals surface area contributed by atoms with Crippen LogP contribution in [0.2, 0.25) is 0 Å². The molecule has 0 aromatic carbocycles. The van der Waals surface area contributed by atoms with Crippen molar-refractivity contribution in [1.82, 2.24) is 0 Å². The number of carbonyl (C=O) groups is 1.